The summed E-state index contributed by atoms with van der Waals surface area (Å²) in [6.45, 7) is 2.37. The predicted molar refractivity (Wildman–Crippen MR) is 75.5 cm³/mol. The molecule has 3 atom stereocenters. The van der Waals surface area contributed by atoms with Gasteiger partial charge in [0, 0.05) is 13.0 Å². The zero-order valence-electron chi connectivity index (χ0n) is 11.6. The number of nitrogens with zero attached hydrogens (tertiary/aromatic N) is 4. The van der Waals surface area contributed by atoms with Crippen molar-refractivity contribution in [1.82, 2.24) is 19.5 Å². The second kappa shape index (κ2) is 5.43. The molecule has 1 aliphatic heterocycles. The van der Waals surface area contributed by atoms with E-state index in [0.717, 1.165) is 0 Å². The topological polar surface area (TPSA) is 131 Å². The summed E-state index contributed by atoms with van der Waals surface area (Å²) in [7, 11) is 0. The first-order valence-corrected chi connectivity index (χ1v) is 6.82. The van der Waals surface area contributed by atoms with E-state index < -0.39 is 18.4 Å². The number of anilines is 2. The number of imidazole rings is 1. The maximum atomic E-state index is 9.91. The third-order valence-corrected chi connectivity index (χ3v) is 3.51. The number of nitrogen functional groups attached to an aromatic ring is 1. The van der Waals surface area contributed by atoms with Crippen LogP contribution in [0.3, 0.4) is 0 Å². The molecule has 0 amide bonds. The minimum Gasteiger partial charge on any atom is -0.394 e. The number of aliphatic hydroxyl groups excluding tert-OH is 2. The Morgan fingerprint density at radius 1 is 1.52 bits per heavy atom. The molecule has 0 saturated carbocycles. The molecule has 114 valence electrons. The fourth-order valence-corrected chi connectivity index (χ4v) is 2.52. The summed E-state index contributed by atoms with van der Waals surface area (Å²) in [5.41, 5.74) is 6.85. The molecule has 3 heterocycles. The summed E-state index contributed by atoms with van der Waals surface area (Å²) < 4.78 is 7.43. The van der Waals surface area contributed by atoms with Crippen LogP contribution >= 0.6 is 0 Å². The summed E-state index contributed by atoms with van der Waals surface area (Å²) in [5, 5.41) is 22.2. The Bertz CT molecular complexity index is 645. The lowest BCUT2D eigenvalue weighted by Crippen LogP contribution is -2.24. The average Bonchev–Trinajstić information content (AvgIpc) is 3.00. The van der Waals surface area contributed by atoms with Gasteiger partial charge in [-0.25, -0.2) is 15.0 Å². The van der Waals surface area contributed by atoms with Crippen molar-refractivity contribution < 1.29 is 14.9 Å². The molecule has 1 saturated heterocycles. The number of aromatic nitrogens is 4. The minimum atomic E-state index is -0.730. The van der Waals surface area contributed by atoms with Crippen LogP contribution in [0.15, 0.2) is 6.33 Å². The summed E-state index contributed by atoms with van der Waals surface area (Å²) >= 11 is 0. The lowest BCUT2D eigenvalue weighted by molar-refractivity contribution is -0.0425. The van der Waals surface area contributed by atoms with Gasteiger partial charge < -0.3 is 26.0 Å². The van der Waals surface area contributed by atoms with Crippen LogP contribution in [-0.2, 0) is 4.74 Å². The molecule has 2 aromatic rings. The van der Waals surface area contributed by atoms with Gasteiger partial charge >= 0.3 is 0 Å². The van der Waals surface area contributed by atoms with E-state index in [9.17, 15) is 10.2 Å². The first-order valence-electron chi connectivity index (χ1n) is 6.82. The van der Waals surface area contributed by atoms with Crippen LogP contribution < -0.4 is 11.1 Å². The Hall–Kier alpha value is -1.97. The number of ether oxygens (including phenoxy) is 1. The van der Waals surface area contributed by atoms with Crippen molar-refractivity contribution >= 4 is 22.9 Å². The van der Waals surface area contributed by atoms with Crippen LogP contribution in [0.25, 0.3) is 11.2 Å². The predicted octanol–water partition coefficient (Wildman–Crippen LogP) is -0.519. The highest BCUT2D eigenvalue weighted by atomic mass is 16.5. The molecule has 0 radical (unpaired) electrons. The molecule has 0 aromatic carbocycles. The maximum absolute atomic E-state index is 9.91. The van der Waals surface area contributed by atoms with Gasteiger partial charge in [-0.1, -0.05) is 0 Å². The minimum absolute atomic E-state index is 0.238. The van der Waals surface area contributed by atoms with Crippen molar-refractivity contribution in [2.75, 3.05) is 24.2 Å². The molecule has 0 unspecified atom stereocenters. The molecule has 1 fully saturated rings. The molecule has 0 spiro atoms. The van der Waals surface area contributed by atoms with E-state index in [1.807, 2.05) is 6.92 Å². The molecule has 2 aromatic heterocycles. The SMILES string of the molecule is CCNc1nc2c(N)ncnc2n1[C@H]1C[C@H](O)[C@@H](CO)O1. The summed E-state index contributed by atoms with van der Waals surface area (Å²) in [4.78, 5) is 12.5. The smallest absolute Gasteiger partial charge is 0.207 e. The first-order chi connectivity index (χ1) is 10.2. The molecular weight excluding hydrogens is 276 g/mol. The third kappa shape index (κ3) is 2.28. The summed E-state index contributed by atoms with van der Waals surface area (Å²) in [6, 6.07) is 0. The first kappa shape index (κ1) is 14.0. The fraction of sp³-hybridized carbons (Fsp3) is 0.583. The van der Waals surface area contributed by atoms with E-state index in [1.165, 1.54) is 6.33 Å². The van der Waals surface area contributed by atoms with Crippen LogP contribution in [0, 0.1) is 0 Å². The van der Waals surface area contributed by atoms with Crippen molar-refractivity contribution in [3.05, 3.63) is 6.33 Å². The Morgan fingerprint density at radius 2 is 2.33 bits per heavy atom. The van der Waals surface area contributed by atoms with E-state index >= 15 is 0 Å². The van der Waals surface area contributed by atoms with Crippen molar-refractivity contribution in [3.8, 4) is 0 Å². The second-order valence-corrected chi connectivity index (χ2v) is 4.88. The van der Waals surface area contributed by atoms with Gasteiger partial charge in [0.15, 0.2) is 17.0 Å². The summed E-state index contributed by atoms with van der Waals surface area (Å²) in [5.74, 6) is 0.839. The lowest BCUT2D eigenvalue weighted by Gasteiger charge is -2.16. The van der Waals surface area contributed by atoms with Crippen molar-refractivity contribution in [3.63, 3.8) is 0 Å². The van der Waals surface area contributed by atoms with E-state index in [2.05, 4.69) is 20.3 Å². The Labute approximate surface area is 120 Å². The molecule has 1 aliphatic rings. The van der Waals surface area contributed by atoms with Gasteiger partial charge in [-0.2, -0.15) is 0 Å². The average molecular weight is 294 g/mol. The molecule has 0 aliphatic carbocycles. The fourth-order valence-electron chi connectivity index (χ4n) is 2.52. The third-order valence-electron chi connectivity index (χ3n) is 3.51. The maximum Gasteiger partial charge on any atom is 0.207 e. The number of nitrogens with two attached hydrogens (primary N) is 1. The van der Waals surface area contributed by atoms with Gasteiger partial charge in [0.2, 0.25) is 5.95 Å². The van der Waals surface area contributed by atoms with Crippen LogP contribution in [0.5, 0.6) is 0 Å². The highest BCUT2D eigenvalue weighted by Crippen LogP contribution is 2.34. The quantitative estimate of drug-likeness (QED) is 0.592. The van der Waals surface area contributed by atoms with Gasteiger partial charge in [0.1, 0.15) is 18.7 Å². The van der Waals surface area contributed by atoms with Crippen LogP contribution in [0.1, 0.15) is 19.6 Å². The monoisotopic (exact) mass is 294 g/mol. The normalized spacial score (nSPS) is 25.6. The van der Waals surface area contributed by atoms with Crippen LogP contribution in [0.4, 0.5) is 11.8 Å². The van der Waals surface area contributed by atoms with E-state index in [1.54, 1.807) is 4.57 Å². The highest BCUT2D eigenvalue weighted by molar-refractivity contribution is 5.84. The molecule has 9 heteroatoms. The largest absolute Gasteiger partial charge is 0.394 e. The van der Waals surface area contributed by atoms with Gasteiger partial charge in [-0.3, -0.25) is 4.57 Å². The number of hydrogen-bond acceptors (Lipinski definition) is 8. The number of rotatable bonds is 4. The number of aliphatic hydroxyl groups is 2. The van der Waals surface area contributed by atoms with Gasteiger partial charge in [0.05, 0.1) is 12.7 Å². The molecule has 21 heavy (non-hydrogen) atoms. The van der Waals surface area contributed by atoms with E-state index in [4.69, 9.17) is 10.5 Å². The number of hydrogen-bond donors (Lipinski definition) is 4. The standard InChI is InChI=1S/C12H18N6O3/c1-2-14-12-17-9-10(13)15-5-16-11(9)18(12)8-3-6(20)7(4-19)21-8/h5-8,19-20H,2-4H2,1H3,(H,14,17)(H2,13,15,16)/t6-,7+,8+/m0/s1. The molecule has 9 nitrogen and oxygen atoms in total. The number of fused-ring (bicyclic) bond motifs is 1. The van der Waals surface area contributed by atoms with E-state index in [-0.39, 0.29) is 12.4 Å². The number of nitrogens with one attached hydrogen (secondary N) is 1. The Kier molecular flexibility index (Phi) is 3.62. The lowest BCUT2D eigenvalue weighted by atomic mass is 10.2. The van der Waals surface area contributed by atoms with Crippen molar-refractivity contribution in [1.29, 1.82) is 0 Å². The van der Waals surface area contributed by atoms with Gasteiger partial charge in [-0.05, 0) is 6.92 Å². The molecule has 3 rings (SSSR count). The van der Waals surface area contributed by atoms with E-state index in [0.29, 0.717) is 30.1 Å². The van der Waals surface area contributed by atoms with Gasteiger partial charge in [-0.15, -0.1) is 0 Å². The van der Waals surface area contributed by atoms with Gasteiger partial charge in [0.25, 0.3) is 0 Å². The zero-order chi connectivity index (χ0) is 15.0. The Morgan fingerprint density at radius 3 is 3.00 bits per heavy atom. The van der Waals surface area contributed by atoms with Crippen molar-refractivity contribution in [2.24, 2.45) is 0 Å². The molecule has 0 bridgehead atoms. The second-order valence-electron chi connectivity index (χ2n) is 4.88. The highest BCUT2D eigenvalue weighted by Gasteiger charge is 2.36. The summed E-state index contributed by atoms with van der Waals surface area (Å²) in [6.07, 6.45) is -0.0999. The zero-order valence-corrected chi connectivity index (χ0v) is 11.6. The van der Waals surface area contributed by atoms with Crippen LogP contribution in [0.2, 0.25) is 0 Å². The molecule has 5 N–H and O–H groups in total. The van der Waals surface area contributed by atoms with Crippen LogP contribution in [-0.4, -0.2) is 55.1 Å². The van der Waals surface area contributed by atoms with Crippen molar-refractivity contribution in [2.45, 2.75) is 31.8 Å². The Balaban J connectivity index is 2.08. The molecular formula is C12H18N6O3.